The van der Waals surface area contributed by atoms with Crippen molar-refractivity contribution in [2.24, 2.45) is 0 Å². The van der Waals surface area contributed by atoms with Crippen LogP contribution in [0, 0.1) is 0 Å². The van der Waals surface area contributed by atoms with Crippen LogP contribution < -0.4 is 5.32 Å². The number of benzene rings is 1. The molecule has 0 aliphatic carbocycles. The van der Waals surface area contributed by atoms with Crippen LogP contribution in [0.2, 0.25) is 0 Å². The molecule has 1 aliphatic rings. The molecule has 1 aromatic carbocycles. The number of nitrogens with one attached hydrogen (secondary N) is 1. The van der Waals surface area contributed by atoms with Gasteiger partial charge in [0.15, 0.2) is 0 Å². The summed E-state index contributed by atoms with van der Waals surface area (Å²) in [4.78, 5) is 0. The number of hydrogen-bond acceptors (Lipinski definition) is 2. The lowest BCUT2D eigenvalue weighted by atomic mass is 9.95. The van der Waals surface area contributed by atoms with Gasteiger partial charge in [0.05, 0.1) is 0 Å². The highest BCUT2D eigenvalue weighted by molar-refractivity contribution is 5.38. The zero-order valence-electron chi connectivity index (χ0n) is 7.17. The smallest absolute Gasteiger partial charge is 0.115 e. The van der Waals surface area contributed by atoms with Crippen molar-refractivity contribution < 1.29 is 5.11 Å². The molecule has 12 heavy (non-hydrogen) atoms. The maximum absolute atomic E-state index is 9.28. The van der Waals surface area contributed by atoms with Crippen LogP contribution in [0.4, 0.5) is 0 Å². The van der Waals surface area contributed by atoms with E-state index in [9.17, 15) is 5.11 Å². The van der Waals surface area contributed by atoms with Crippen molar-refractivity contribution in [1.29, 1.82) is 0 Å². The lowest BCUT2D eigenvalue weighted by molar-refractivity contribution is 0.468. The van der Waals surface area contributed by atoms with Gasteiger partial charge in [-0.05, 0) is 43.1 Å². The van der Waals surface area contributed by atoms with E-state index in [1.54, 1.807) is 6.07 Å². The summed E-state index contributed by atoms with van der Waals surface area (Å²) in [7, 11) is 0. The summed E-state index contributed by atoms with van der Waals surface area (Å²) in [6, 6.07) is 6.01. The van der Waals surface area contributed by atoms with Gasteiger partial charge in [0, 0.05) is 6.04 Å². The van der Waals surface area contributed by atoms with Crippen LogP contribution in [0.25, 0.3) is 0 Å². The number of phenolic OH excluding ortho intramolecular Hbond substituents is 1. The Kier molecular flexibility index (Phi) is 1.77. The minimum atomic E-state index is 0.365. The van der Waals surface area contributed by atoms with Gasteiger partial charge in [0.2, 0.25) is 0 Å². The topological polar surface area (TPSA) is 32.3 Å². The van der Waals surface area contributed by atoms with Crippen molar-refractivity contribution in [2.45, 2.75) is 19.4 Å². The number of hydrogen-bond donors (Lipinski definition) is 2. The van der Waals surface area contributed by atoms with Crippen molar-refractivity contribution in [3.8, 4) is 5.75 Å². The summed E-state index contributed by atoms with van der Waals surface area (Å²) in [5.74, 6) is 0.365. The summed E-state index contributed by atoms with van der Waals surface area (Å²) in [6.07, 6.45) is 1.07. The molecule has 1 aromatic rings. The molecule has 1 heterocycles. The number of aromatic hydroxyl groups is 1. The number of fused-ring (bicyclic) bond motifs is 1. The molecule has 2 rings (SSSR count). The summed E-state index contributed by atoms with van der Waals surface area (Å²) in [6.45, 7) is 3.16. The third-order valence-corrected chi connectivity index (χ3v) is 2.44. The highest BCUT2D eigenvalue weighted by Gasteiger charge is 2.15. The van der Waals surface area contributed by atoms with E-state index >= 15 is 0 Å². The predicted molar refractivity (Wildman–Crippen MR) is 48.2 cm³/mol. The number of phenols is 1. The minimum absolute atomic E-state index is 0.365. The van der Waals surface area contributed by atoms with E-state index < -0.39 is 0 Å². The van der Waals surface area contributed by atoms with E-state index in [1.807, 2.05) is 12.1 Å². The van der Waals surface area contributed by atoms with Gasteiger partial charge in [-0.2, -0.15) is 0 Å². The maximum Gasteiger partial charge on any atom is 0.115 e. The Morgan fingerprint density at radius 2 is 2.33 bits per heavy atom. The van der Waals surface area contributed by atoms with Crippen LogP contribution in [-0.2, 0) is 6.42 Å². The SMILES string of the molecule is C[C@H]1NCCc2ccc(O)cc21. The molecular weight excluding hydrogens is 150 g/mol. The van der Waals surface area contributed by atoms with Gasteiger partial charge < -0.3 is 10.4 Å². The average molecular weight is 163 g/mol. The van der Waals surface area contributed by atoms with Gasteiger partial charge in [0.25, 0.3) is 0 Å². The van der Waals surface area contributed by atoms with E-state index in [4.69, 9.17) is 0 Å². The molecule has 0 saturated heterocycles. The predicted octanol–water partition coefficient (Wildman–Crippen LogP) is 1.60. The molecule has 1 aliphatic heterocycles. The zero-order valence-corrected chi connectivity index (χ0v) is 7.17. The second kappa shape index (κ2) is 2.79. The van der Waals surface area contributed by atoms with Gasteiger partial charge in [-0.1, -0.05) is 6.07 Å². The van der Waals surface area contributed by atoms with Gasteiger partial charge in [-0.3, -0.25) is 0 Å². The minimum Gasteiger partial charge on any atom is -0.508 e. The van der Waals surface area contributed by atoms with Crippen LogP contribution in [0.15, 0.2) is 18.2 Å². The van der Waals surface area contributed by atoms with E-state index in [2.05, 4.69) is 12.2 Å². The molecule has 0 bridgehead atoms. The van der Waals surface area contributed by atoms with Crippen LogP contribution in [-0.4, -0.2) is 11.7 Å². The Morgan fingerprint density at radius 3 is 3.17 bits per heavy atom. The van der Waals surface area contributed by atoms with Crippen molar-refractivity contribution >= 4 is 0 Å². The van der Waals surface area contributed by atoms with Gasteiger partial charge in [-0.25, -0.2) is 0 Å². The van der Waals surface area contributed by atoms with Crippen molar-refractivity contribution in [3.05, 3.63) is 29.3 Å². The Hall–Kier alpha value is -1.02. The lowest BCUT2D eigenvalue weighted by Gasteiger charge is -2.23. The van der Waals surface area contributed by atoms with Crippen molar-refractivity contribution in [3.63, 3.8) is 0 Å². The molecule has 0 aromatic heterocycles. The normalized spacial score (nSPS) is 21.9. The van der Waals surface area contributed by atoms with Crippen molar-refractivity contribution in [2.75, 3.05) is 6.54 Å². The van der Waals surface area contributed by atoms with Crippen LogP contribution >= 0.6 is 0 Å². The largest absolute Gasteiger partial charge is 0.508 e. The lowest BCUT2D eigenvalue weighted by Crippen LogP contribution is -2.27. The monoisotopic (exact) mass is 163 g/mol. The van der Waals surface area contributed by atoms with Crippen LogP contribution in [0.1, 0.15) is 24.1 Å². The molecule has 0 spiro atoms. The number of rotatable bonds is 0. The molecule has 0 radical (unpaired) electrons. The first-order valence-corrected chi connectivity index (χ1v) is 4.32. The fraction of sp³-hybridized carbons (Fsp3) is 0.400. The highest BCUT2D eigenvalue weighted by atomic mass is 16.3. The fourth-order valence-electron chi connectivity index (χ4n) is 1.75. The van der Waals surface area contributed by atoms with E-state index in [0.717, 1.165) is 13.0 Å². The zero-order chi connectivity index (χ0) is 8.55. The quantitative estimate of drug-likeness (QED) is 0.609. The molecule has 1 atom stereocenters. The average Bonchev–Trinajstić information content (AvgIpc) is 2.07. The van der Waals surface area contributed by atoms with Gasteiger partial charge in [0.1, 0.15) is 5.75 Å². The molecule has 0 unspecified atom stereocenters. The fourth-order valence-corrected chi connectivity index (χ4v) is 1.75. The summed E-state index contributed by atoms with van der Waals surface area (Å²) in [5, 5.41) is 12.6. The van der Waals surface area contributed by atoms with Crippen LogP contribution in [0.3, 0.4) is 0 Å². The standard InChI is InChI=1S/C10H13NO/c1-7-10-6-9(12)3-2-8(10)4-5-11-7/h2-3,6-7,11-12H,4-5H2,1H3/t7-/m1/s1. The third-order valence-electron chi connectivity index (χ3n) is 2.44. The Morgan fingerprint density at radius 1 is 1.50 bits per heavy atom. The maximum atomic E-state index is 9.28. The molecule has 2 nitrogen and oxygen atoms in total. The Balaban J connectivity index is 2.47. The molecule has 0 fully saturated rings. The van der Waals surface area contributed by atoms with E-state index in [1.165, 1.54) is 11.1 Å². The van der Waals surface area contributed by atoms with E-state index in [-0.39, 0.29) is 0 Å². The summed E-state index contributed by atoms with van der Waals surface area (Å²) < 4.78 is 0. The molecular formula is C10H13NO. The second-order valence-electron chi connectivity index (χ2n) is 3.31. The third kappa shape index (κ3) is 1.18. The molecule has 0 amide bonds. The summed E-state index contributed by atoms with van der Waals surface area (Å²) >= 11 is 0. The first-order valence-electron chi connectivity index (χ1n) is 4.32. The Bertz CT molecular complexity index is 296. The summed E-state index contributed by atoms with van der Waals surface area (Å²) in [5.41, 5.74) is 2.60. The second-order valence-corrected chi connectivity index (χ2v) is 3.31. The highest BCUT2D eigenvalue weighted by Crippen LogP contribution is 2.25. The molecule has 2 N–H and O–H groups in total. The van der Waals surface area contributed by atoms with Crippen molar-refractivity contribution in [1.82, 2.24) is 5.32 Å². The molecule has 0 saturated carbocycles. The first kappa shape index (κ1) is 7.62. The molecule has 64 valence electrons. The van der Waals surface area contributed by atoms with E-state index in [0.29, 0.717) is 11.8 Å². The van der Waals surface area contributed by atoms with Crippen LogP contribution in [0.5, 0.6) is 5.75 Å². The molecule has 2 heteroatoms. The van der Waals surface area contributed by atoms with Gasteiger partial charge in [-0.15, -0.1) is 0 Å². The Labute approximate surface area is 72.2 Å². The van der Waals surface area contributed by atoms with Gasteiger partial charge >= 0.3 is 0 Å². The first-order chi connectivity index (χ1) is 5.77.